The van der Waals surface area contributed by atoms with Gasteiger partial charge in [0.1, 0.15) is 6.10 Å². The Hall–Kier alpha value is -1.08. The Morgan fingerprint density at radius 1 is 1.53 bits per heavy atom. The summed E-state index contributed by atoms with van der Waals surface area (Å²) in [6, 6.07) is 0. The average molecular weight is 291 g/mol. The molecule has 19 heavy (non-hydrogen) atoms. The topological polar surface area (TPSA) is 83.9 Å². The van der Waals surface area contributed by atoms with Crippen molar-refractivity contribution in [1.82, 2.24) is 5.06 Å². The van der Waals surface area contributed by atoms with Crippen LogP contribution in [0.5, 0.6) is 0 Å². The second kappa shape index (κ2) is 8.92. The van der Waals surface area contributed by atoms with Crippen LogP contribution < -0.4 is 0 Å². The molecular formula is C12H21NO5S. The molecule has 1 heterocycles. The first kappa shape index (κ1) is 17.9. The highest BCUT2D eigenvalue weighted by molar-refractivity contribution is 7.99. The van der Waals surface area contributed by atoms with Crippen LogP contribution in [0, 0.1) is 0 Å². The lowest BCUT2D eigenvalue weighted by atomic mass is 10.2. The second-order valence-corrected chi connectivity index (χ2v) is 5.07. The number of hydrogen-bond acceptors (Lipinski definition) is 6. The minimum absolute atomic E-state index is 0.134. The molecule has 1 fully saturated rings. The Kier molecular flexibility index (Phi) is 8.42. The number of amides is 2. The molecule has 2 unspecified atom stereocenters. The molecule has 2 atom stereocenters. The quantitative estimate of drug-likeness (QED) is 0.764. The number of hydroxylamine groups is 2. The summed E-state index contributed by atoms with van der Waals surface area (Å²) < 4.78 is 0. The van der Waals surface area contributed by atoms with E-state index in [4.69, 9.17) is 5.11 Å². The molecule has 6 nitrogen and oxygen atoms in total. The fourth-order valence-electron chi connectivity index (χ4n) is 1.28. The second-order valence-electron chi connectivity index (χ2n) is 3.79. The Bertz CT molecular complexity index is 334. The summed E-state index contributed by atoms with van der Waals surface area (Å²) in [7, 11) is 0. The van der Waals surface area contributed by atoms with Crippen molar-refractivity contribution in [1.29, 1.82) is 0 Å². The predicted octanol–water partition coefficient (Wildman–Crippen LogP) is 1.12. The number of hydrogen-bond donors (Lipinski definition) is 1. The van der Waals surface area contributed by atoms with Crippen LogP contribution in [0.25, 0.3) is 0 Å². The molecule has 1 saturated heterocycles. The number of carbonyl (C=O) groups excluding carboxylic acids is 3. The molecule has 0 saturated carbocycles. The molecule has 1 aliphatic rings. The molecule has 7 heteroatoms. The van der Waals surface area contributed by atoms with Gasteiger partial charge in [-0.2, -0.15) is 11.8 Å². The van der Waals surface area contributed by atoms with E-state index >= 15 is 0 Å². The maximum atomic E-state index is 11.4. The van der Waals surface area contributed by atoms with Crippen LogP contribution in [-0.4, -0.2) is 45.6 Å². The Morgan fingerprint density at radius 3 is 2.53 bits per heavy atom. The van der Waals surface area contributed by atoms with Crippen LogP contribution in [0.4, 0.5) is 0 Å². The molecule has 0 aromatic carbocycles. The summed E-state index contributed by atoms with van der Waals surface area (Å²) in [4.78, 5) is 38.4. The third-order valence-corrected chi connectivity index (χ3v) is 3.47. The normalized spacial score (nSPS) is 19.8. The first-order chi connectivity index (χ1) is 8.95. The number of thioether (sulfide) groups is 1. The lowest BCUT2D eigenvalue weighted by Crippen LogP contribution is -2.34. The van der Waals surface area contributed by atoms with Gasteiger partial charge in [0.2, 0.25) is 0 Å². The molecule has 0 bridgehead atoms. The summed E-state index contributed by atoms with van der Waals surface area (Å²) >= 11 is 1.62. The Labute approximate surface area is 117 Å². The van der Waals surface area contributed by atoms with Crippen LogP contribution in [0.2, 0.25) is 0 Å². The van der Waals surface area contributed by atoms with Crippen LogP contribution in [0.15, 0.2) is 0 Å². The van der Waals surface area contributed by atoms with Crippen molar-refractivity contribution in [2.24, 2.45) is 0 Å². The maximum Gasteiger partial charge on any atom is 0.333 e. The van der Waals surface area contributed by atoms with Gasteiger partial charge >= 0.3 is 5.97 Å². The van der Waals surface area contributed by atoms with Crippen LogP contribution in [0.1, 0.15) is 40.0 Å². The molecular weight excluding hydrogens is 270 g/mol. The van der Waals surface area contributed by atoms with Crippen molar-refractivity contribution in [3.05, 3.63) is 0 Å². The van der Waals surface area contributed by atoms with E-state index in [-0.39, 0.29) is 12.8 Å². The minimum atomic E-state index is -1.39. The molecule has 110 valence electrons. The number of aliphatic hydroxyl groups is 1. The molecule has 0 aromatic rings. The highest BCUT2D eigenvalue weighted by Gasteiger charge is 2.40. The van der Waals surface area contributed by atoms with Crippen molar-refractivity contribution in [2.45, 2.75) is 51.4 Å². The third kappa shape index (κ3) is 5.61. The van der Waals surface area contributed by atoms with Gasteiger partial charge < -0.3 is 9.94 Å². The van der Waals surface area contributed by atoms with Crippen molar-refractivity contribution in [3.8, 4) is 0 Å². The predicted molar refractivity (Wildman–Crippen MR) is 72.1 cm³/mol. The maximum absolute atomic E-state index is 11.4. The van der Waals surface area contributed by atoms with Crippen molar-refractivity contribution < 1.29 is 24.3 Å². The van der Waals surface area contributed by atoms with Gasteiger partial charge in [0.15, 0.2) is 0 Å². The van der Waals surface area contributed by atoms with Crippen molar-refractivity contribution in [3.63, 3.8) is 0 Å². The first-order valence-corrected chi connectivity index (χ1v) is 7.53. The Balaban J connectivity index is 0.00000154. The van der Waals surface area contributed by atoms with Gasteiger partial charge in [-0.1, -0.05) is 25.8 Å². The zero-order valence-electron chi connectivity index (χ0n) is 11.7. The molecule has 0 spiro atoms. The van der Waals surface area contributed by atoms with Gasteiger partial charge in [-0.05, 0) is 12.7 Å². The summed E-state index contributed by atoms with van der Waals surface area (Å²) in [5.41, 5.74) is 0. The number of nitrogens with zero attached hydrogens (tertiary/aromatic N) is 1. The van der Waals surface area contributed by atoms with Gasteiger partial charge in [-0.3, -0.25) is 9.59 Å². The molecule has 2 amide bonds. The summed E-state index contributed by atoms with van der Waals surface area (Å²) in [5.74, 6) is -2.20. The van der Waals surface area contributed by atoms with E-state index in [1.807, 2.05) is 27.0 Å². The molecule has 1 N–H and O–H groups in total. The fourth-order valence-corrected chi connectivity index (χ4v) is 1.63. The number of carbonyl (C=O) groups is 3. The van der Waals surface area contributed by atoms with Gasteiger partial charge in [0, 0.05) is 11.7 Å². The van der Waals surface area contributed by atoms with E-state index in [0.717, 1.165) is 0 Å². The van der Waals surface area contributed by atoms with Gasteiger partial charge in [0.25, 0.3) is 11.8 Å². The standard InChI is InChI=1S/C10H15NO5S.C2H6/c1-6(17-2)3-4-9(14)16-11-8(13)5-7(12)10(11)15;1-2/h6-7,12H,3-5H2,1-2H3;1-2H3. The number of rotatable bonds is 5. The molecule has 0 aromatic heterocycles. The van der Waals surface area contributed by atoms with Crippen LogP contribution >= 0.6 is 11.8 Å². The first-order valence-electron chi connectivity index (χ1n) is 6.24. The van der Waals surface area contributed by atoms with E-state index in [1.165, 1.54) is 0 Å². The minimum Gasteiger partial charge on any atom is -0.383 e. The number of aliphatic hydroxyl groups excluding tert-OH is 1. The SMILES string of the molecule is CC.CSC(C)CCC(=O)ON1C(=O)CC(O)C1=O. The van der Waals surface area contributed by atoms with E-state index < -0.39 is 23.9 Å². The molecule has 1 aliphatic heterocycles. The highest BCUT2D eigenvalue weighted by Crippen LogP contribution is 2.16. The zero-order valence-corrected chi connectivity index (χ0v) is 12.5. The van der Waals surface area contributed by atoms with Gasteiger partial charge in [-0.25, -0.2) is 4.79 Å². The lowest BCUT2D eigenvalue weighted by Gasteiger charge is -2.13. The third-order valence-electron chi connectivity index (χ3n) is 2.43. The van der Waals surface area contributed by atoms with E-state index in [0.29, 0.717) is 16.7 Å². The largest absolute Gasteiger partial charge is 0.383 e. The van der Waals surface area contributed by atoms with E-state index in [2.05, 4.69) is 4.84 Å². The van der Waals surface area contributed by atoms with Crippen molar-refractivity contribution >= 4 is 29.5 Å². The zero-order chi connectivity index (χ0) is 15.0. The van der Waals surface area contributed by atoms with Crippen molar-refractivity contribution in [2.75, 3.05) is 6.26 Å². The summed E-state index contributed by atoms with van der Waals surface area (Å²) in [6.07, 6.45) is 0.960. The molecule has 1 rings (SSSR count). The summed E-state index contributed by atoms with van der Waals surface area (Å²) in [5, 5.41) is 9.76. The average Bonchev–Trinajstić information content (AvgIpc) is 2.65. The fraction of sp³-hybridized carbons (Fsp3) is 0.750. The van der Waals surface area contributed by atoms with Crippen LogP contribution in [0.3, 0.4) is 0 Å². The molecule has 0 aliphatic carbocycles. The highest BCUT2D eigenvalue weighted by atomic mass is 32.2. The monoisotopic (exact) mass is 291 g/mol. The van der Waals surface area contributed by atoms with Gasteiger partial charge in [0.05, 0.1) is 6.42 Å². The summed E-state index contributed by atoms with van der Waals surface area (Å²) in [6.45, 7) is 5.97. The molecule has 0 radical (unpaired) electrons. The van der Waals surface area contributed by atoms with Gasteiger partial charge in [-0.15, -0.1) is 0 Å². The van der Waals surface area contributed by atoms with E-state index in [9.17, 15) is 14.4 Å². The lowest BCUT2D eigenvalue weighted by molar-refractivity contribution is -0.198. The Morgan fingerprint density at radius 2 is 2.11 bits per heavy atom. The van der Waals surface area contributed by atoms with E-state index in [1.54, 1.807) is 11.8 Å². The number of imide groups is 1. The smallest absolute Gasteiger partial charge is 0.333 e. The van der Waals surface area contributed by atoms with Crippen LogP contribution in [-0.2, 0) is 19.2 Å².